The van der Waals surface area contributed by atoms with Crippen LogP contribution < -0.4 is 5.73 Å². The Balaban J connectivity index is 0.00000169. The molecular formula is C11H17ClFN. The minimum atomic E-state index is -0.130. The van der Waals surface area contributed by atoms with Crippen molar-refractivity contribution in [1.82, 2.24) is 0 Å². The third-order valence-corrected chi connectivity index (χ3v) is 2.40. The van der Waals surface area contributed by atoms with Gasteiger partial charge in [-0.3, -0.25) is 0 Å². The molecule has 2 unspecified atom stereocenters. The Bertz CT molecular complexity index is 276. The van der Waals surface area contributed by atoms with E-state index in [1.54, 1.807) is 6.07 Å². The molecule has 0 aromatic heterocycles. The summed E-state index contributed by atoms with van der Waals surface area (Å²) >= 11 is 0. The van der Waals surface area contributed by atoms with Gasteiger partial charge in [-0.15, -0.1) is 12.4 Å². The first-order valence-corrected chi connectivity index (χ1v) is 4.60. The van der Waals surface area contributed by atoms with E-state index in [2.05, 4.69) is 0 Å². The first-order valence-electron chi connectivity index (χ1n) is 4.60. The highest BCUT2D eigenvalue weighted by molar-refractivity contribution is 5.85. The molecule has 0 radical (unpaired) electrons. The van der Waals surface area contributed by atoms with Gasteiger partial charge in [-0.1, -0.05) is 25.1 Å². The van der Waals surface area contributed by atoms with Gasteiger partial charge in [0.1, 0.15) is 5.82 Å². The Kier molecular flexibility index (Phi) is 5.73. The smallest absolute Gasteiger partial charge is 0.126 e. The highest BCUT2D eigenvalue weighted by atomic mass is 35.5. The van der Waals surface area contributed by atoms with Crippen LogP contribution in [-0.2, 0) is 6.42 Å². The summed E-state index contributed by atoms with van der Waals surface area (Å²) in [7, 11) is 0. The van der Waals surface area contributed by atoms with Crippen molar-refractivity contribution in [3.05, 3.63) is 35.6 Å². The standard InChI is InChI=1S/C11H16FN.ClH/c1-8(9(2)13)7-10-5-3-4-6-11(10)12;/h3-6,8-9H,7,13H2,1-2H3;1H. The summed E-state index contributed by atoms with van der Waals surface area (Å²) < 4.78 is 13.2. The maximum Gasteiger partial charge on any atom is 0.126 e. The van der Waals surface area contributed by atoms with E-state index in [4.69, 9.17) is 5.73 Å². The van der Waals surface area contributed by atoms with Crippen molar-refractivity contribution in [3.8, 4) is 0 Å². The molecule has 0 amide bonds. The molecule has 0 spiro atoms. The topological polar surface area (TPSA) is 26.0 Å². The molecule has 0 fully saturated rings. The van der Waals surface area contributed by atoms with Crippen molar-refractivity contribution in [2.45, 2.75) is 26.3 Å². The quantitative estimate of drug-likeness (QED) is 0.828. The largest absolute Gasteiger partial charge is 0.328 e. The number of nitrogens with two attached hydrogens (primary N) is 1. The predicted molar refractivity (Wildman–Crippen MR) is 60.2 cm³/mol. The van der Waals surface area contributed by atoms with Gasteiger partial charge in [0.25, 0.3) is 0 Å². The number of benzene rings is 1. The second-order valence-corrected chi connectivity index (χ2v) is 3.63. The van der Waals surface area contributed by atoms with Crippen LogP contribution in [0.1, 0.15) is 19.4 Å². The van der Waals surface area contributed by atoms with E-state index >= 15 is 0 Å². The van der Waals surface area contributed by atoms with Crippen molar-refractivity contribution in [3.63, 3.8) is 0 Å². The summed E-state index contributed by atoms with van der Waals surface area (Å²) in [5.41, 5.74) is 6.47. The fourth-order valence-corrected chi connectivity index (χ4v) is 1.20. The Morgan fingerprint density at radius 1 is 1.29 bits per heavy atom. The molecule has 0 aliphatic rings. The third-order valence-electron chi connectivity index (χ3n) is 2.40. The summed E-state index contributed by atoms with van der Waals surface area (Å²) in [6, 6.07) is 6.97. The number of hydrogen-bond donors (Lipinski definition) is 1. The molecule has 0 bridgehead atoms. The van der Waals surface area contributed by atoms with Gasteiger partial charge in [-0.25, -0.2) is 4.39 Å². The molecule has 0 saturated carbocycles. The molecule has 2 N–H and O–H groups in total. The molecule has 0 aliphatic carbocycles. The summed E-state index contributed by atoms with van der Waals surface area (Å²) in [6.07, 6.45) is 0.713. The first-order chi connectivity index (χ1) is 6.11. The number of hydrogen-bond acceptors (Lipinski definition) is 1. The monoisotopic (exact) mass is 217 g/mol. The van der Waals surface area contributed by atoms with Crippen LogP contribution in [0.5, 0.6) is 0 Å². The van der Waals surface area contributed by atoms with Gasteiger partial charge < -0.3 is 5.73 Å². The Morgan fingerprint density at radius 2 is 1.86 bits per heavy atom. The van der Waals surface area contributed by atoms with Crippen LogP contribution in [0.2, 0.25) is 0 Å². The molecule has 0 saturated heterocycles. The van der Waals surface area contributed by atoms with Crippen molar-refractivity contribution in [2.24, 2.45) is 11.7 Å². The maximum absolute atomic E-state index is 13.2. The van der Waals surface area contributed by atoms with Gasteiger partial charge in [0.2, 0.25) is 0 Å². The molecule has 1 aromatic carbocycles. The zero-order chi connectivity index (χ0) is 9.84. The van der Waals surface area contributed by atoms with Crippen LogP contribution in [0.15, 0.2) is 24.3 Å². The summed E-state index contributed by atoms with van der Waals surface area (Å²) in [5.74, 6) is 0.187. The zero-order valence-corrected chi connectivity index (χ0v) is 9.35. The van der Waals surface area contributed by atoms with Crippen LogP contribution in [0, 0.1) is 11.7 Å². The lowest BCUT2D eigenvalue weighted by atomic mass is 9.95. The molecule has 14 heavy (non-hydrogen) atoms. The Labute approximate surface area is 90.9 Å². The normalized spacial score (nSPS) is 14.3. The Morgan fingerprint density at radius 3 is 2.36 bits per heavy atom. The summed E-state index contributed by atoms with van der Waals surface area (Å²) in [4.78, 5) is 0. The van der Waals surface area contributed by atoms with E-state index in [-0.39, 0.29) is 24.3 Å². The van der Waals surface area contributed by atoms with Gasteiger partial charge in [-0.2, -0.15) is 0 Å². The SMILES string of the molecule is CC(N)C(C)Cc1ccccc1F.Cl. The summed E-state index contributed by atoms with van der Waals surface area (Å²) in [5, 5.41) is 0. The zero-order valence-electron chi connectivity index (χ0n) is 8.53. The first kappa shape index (κ1) is 13.4. The van der Waals surface area contributed by atoms with Gasteiger partial charge in [0, 0.05) is 6.04 Å². The molecule has 1 aromatic rings. The number of rotatable bonds is 3. The molecule has 0 aliphatic heterocycles. The second kappa shape index (κ2) is 5.99. The van der Waals surface area contributed by atoms with E-state index in [0.29, 0.717) is 12.3 Å². The fourth-order valence-electron chi connectivity index (χ4n) is 1.20. The number of halogens is 2. The van der Waals surface area contributed by atoms with Crippen LogP contribution in [0.4, 0.5) is 4.39 Å². The highest BCUT2D eigenvalue weighted by Crippen LogP contribution is 2.13. The van der Waals surface area contributed by atoms with Crippen LogP contribution in [-0.4, -0.2) is 6.04 Å². The maximum atomic E-state index is 13.2. The lowest BCUT2D eigenvalue weighted by Gasteiger charge is -2.15. The second-order valence-electron chi connectivity index (χ2n) is 3.63. The summed E-state index contributed by atoms with van der Waals surface area (Å²) in [6.45, 7) is 3.99. The third kappa shape index (κ3) is 3.64. The van der Waals surface area contributed by atoms with E-state index in [1.165, 1.54) is 6.07 Å². The molecule has 0 heterocycles. The van der Waals surface area contributed by atoms with Gasteiger partial charge >= 0.3 is 0 Å². The van der Waals surface area contributed by atoms with Crippen LogP contribution >= 0.6 is 12.4 Å². The molecule has 1 nitrogen and oxygen atoms in total. The lowest BCUT2D eigenvalue weighted by Crippen LogP contribution is -2.25. The van der Waals surface area contributed by atoms with Crippen molar-refractivity contribution < 1.29 is 4.39 Å². The van der Waals surface area contributed by atoms with Gasteiger partial charge in [-0.05, 0) is 30.9 Å². The van der Waals surface area contributed by atoms with Crippen LogP contribution in [0.25, 0.3) is 0 Å². The van der Waals surface area contributed by atoms with Crippen LogP contribution in [0.3, 0.4) is 0 Å². The fraction of sp³-hybridized carbons (Fsp3) is 0.455. The molecule has 2 atom stereocenters. The van der Waals surface area contributed by atoms with Gasteiger partial charge in [0.15, 0.2) is 0 Å². The van der Waals surface area contributed by atoms with E-state index in [1.807, 2.05) is 26.0 Å². The van der Waals surface area contributed by atoms with Gasteiger partial charge in [0.05, 0.1) is 0 Å². The molecule has 80 valence electrons. The molecule has 1 rings (SSSR count). The van der Waals surface area contributed by atoms with Crippen molar-refractivity contribution in [1.29, 1.82) is 0 Å². The minimum absolute atomic E-state index is 0. The molecule has 3 heteroatoms. The minimum Gasteiger partial charge on any atom is -0.328 e. The van der Waals surface area contributed by atoms with Crippen molar-refractivity contribution >= 4 is 12.4 Å². The Hall–Kier alpha value is -0.600. The van der Waals surface area contributed by atoms with E-state index < -0.39 is 0 Å². The van der Waals surface area contributed by atoms with E-state index in [0.717, 1.165) is 5.56 Å². The average Bonchev–Trinajstić information content (AvgIpc) is 2.08. The van der Waals surface area contributed by atoms with Crippen molar-refractivity contribution in [2.75, 3.05) is 0 Å². The highest BCUT2D eigenvalue weighted by Gasteiger charge is 2.10. The average molecular weight is 218 g/mol. The predicted octanol–water partition coefficient (Wildman–Crippen LogP) is 2.77. The lowest BCUT2D eigenvalue weighted by molar-refractivity contribution is 0.470. The van der Waals surface area contributed by atoms with E-state index in [9.17, 15) is 4.39 Å². The molecular weight excluding hydrogens is 201 g/mol.